The van der Waals surface area contributed by atoms with Crippen molar-refractivity contribution in [3.63, 3.8) is 0 Å². The van der Waals surface area contributed by atoms with Crippen LogP contribution in [0.25, 0.3) is 0 Å². The molecule has 0 saturated heterocycles. The van der Waals surface area contributed by atoms with Crippen molar-refractivity contribution in [3.8, 4) is 0 Å². The van der Waals surface area contributed by atoms with Crippen LogP contribution in [0.15, 0.2) is 43.2 Å². The fourth-order valence-corrected chi connectivity index (χ4v) is 4.50. The van der Waals surface area contributed by atoms with Crippen molar-refractivity contribution in [2.45, 2.75) is 44.1 Å². The maximum absolute atomic E-state index is 5.78. The van der Waals surface area contributed by atoms with Crippen molar-refractivity contribution in [2.75, 3.05) is 0 Å². The van der Waals surface area contributed by atoms with Gasteiger partial charge >= 0.3 is 0 Å². The van der Waals surface area contributed by atoms with Crippen molar-refractivity contribution in [2.24, 2.45) is 11.8 Å². The standard InChI is InChI=1S/C17H22O/c1-3-17(14-8-6-5-7-9-14)12-13-10-15(17)16(11-13)18-4-2/h4-9,13,15-16H,2-3,10-12H2,1H3. The molecule has 96 valence electrons. The Morgan fingerprint density at radius 3 is 2.72 bits per heavy atom. The molecule has 2 aliphatic carbocycles. The maximum atomic E-state index is 5.78. The predicted octanol–water partition coefficient (Wildman–Crippen LogP) is 4.29. The molecule has 0 N–H and O–H groups in total. The van der Waals surface area contributed by atoms with Gasteiger partial charge in [-0.1, -0.05) is 43.8 Å². The van der Waals surface area contributed by atoms with E-state index in [9.17, 15) is 0 Å². The predicted molar refractivity (Wildman–Crippen MR) is 74.3 cm³/mol. The van der Waals surface area contributed by atoms with Gasteiger partial charge in [0.15, 0.2) is 0 Å². The van der Waals surface area contributed by atoms with Gasteiger partial charge in [-0.25, -0.2) is 0 Å². The lowest BCUT2D eigenvalue weighted by Crippen LogP contribution is -2.39. The first-order valence-electron chi connectivity index (χ1n) is 7.12. The summed E-state index contributed by atoms with van der Waals surface area (Å²) in [6.07, 6.45) is 7.15. The lowest BCUT2D eigenvalue weighted by atomic mass is 9.66. The van der Waals surface area contributed by atoms with Crippen LogP contribution in [0, 0.1) is 11.8 Å². The smallest absolute Gasteiger partial charge is 0.102 e. The summed E-state index contributed by atoms with van der Waals surface area (Å²) in [6.45, 7) is 6.06. The summed E-state index contributed by atoms with van der Waals surface area (Å²) in [5.41, 5.74) is 1.86. The molecule has 0 aromatic heterocycles. The van der Waals surface area contributed by atoms with E-state index in [0.717, 1.165) is 5.92 Å². The minimum Gasteiger partial charge on any atom is -0.498 e. The van der Waals surface area contributed by atoms with Crippen LogP contribution in [0.5, 0.6) is 0 Å². The average Bonchev–Trinajstić information content (AvgIpc) is 2.98. The molecule has 1 aromatic rings. The molecule has 1 aromatic carbocycles. The van der Waals surface area contributed by atoms with Gasteiger partial charge in [-0.3, -0.25) is 0 Å². The van der Waals surface area contributed by atoms with Gasteiger partial charge in [0.05, 0.1) is 6.26 Å². The van der Waals surface area contributed by atoms with E-state index in [2.05, 4.69) is 43.8 Å². The van der Waals surface area contributed by atoms with Gasteiger partial charge in [0.1, 0.15) is 6.10 Å². The molecule has 0 heterocycles. The Labute approximate surface area is 110 Å². The molecule has 4 unspecified atom stereocenters. The Bertz CT molecular complexity index is 424. The van der Waals surface area contributed by atoms with E-state index in [-0.39, 0.29) is 0 Å². The third-order valence-corrected chi connectivity index (χ3v) is 5.22. The van der Waals surface area contributed by atoms with E-state index in [1.807, 2.05) is 0 Å². The van der Waals surface area contributed by atoms with E-state index in [1.54, 1.807) is 6.26 Å². The molecule has 3 rings (SSSR count). The number of ether oxygens (including phenoxy) is 1. The van der Waals surface area contributed by atoms with Crippen molar-refractivity contribution >= 4 is 0 Å². The van der Waals surface area contributed by atoms with Crippen molar-refractivity contribution in [3.05, 3.63) is 48.7 Å². The number of hydrogen-bond donors (Lipinski definition) is 0. The number of rotatable bonds is 4. The third-order valence-electron chi connectivity index (χ3n) is 5.22. The SMILES string of the molecule is C=COC1CC2CC1C(CC)(c1ccccc1)C2. The molecule has 2 saturated carbocycles. The molecule has 4 atom stereocenters. The Kier molecular flexibility index (Phi) is 2.93. The number of benzene rings is 1. The van der Waals surface area contributed by atoms with Crippen molar-refractivity contribution in [1.82, 2.24) is 0 Å². The van der Waals surface area contributed by atoms with E-state index in [1.165, 1.54) is 31.2 Å². The molecule has 0 amide bonds. The van der Waals surface area contributed by atoms with Crippen LogP contribution in [0.2, 0.25) is 0 Å². The Morgan fingerprint density at radius 1 is 1.33 bits per heavy atom. The summed E-state index contributed by atoms with van der Waals surface area (Å²) in [4.78, 5) is 0. The fraction of sp³-hybridized carbons (Fsp3) is 0.529. The van der Waals surface area contributed by atoms with Crippen LogP contribution in [-0.4, -0.2) is 6.10 Å². The molecule has 2 fully saturated rings. The van der Waals surface area contributed by atoms with Crippen molar-refractivity contribution in [1.29, 1.82) is 0 Å². The van der Waals surface area contributed by atoms with Crippen LogP contribution < -0.4 is 0 Å². The molecule has 0 radical (unpaired) electrons. The zero-order valence-electron chi connectivity index (χ0n) is 11.1. The highest BCUT2D eigenvalue weighted by atomic mass is 16.5. The molecule has 0 aliphatic heterocycles. The third kappa shape index (κ3) is 1.60. The van der Waals surface area contributed by atoms with E-state index in [0.29, 0.717) is 17.4 Å². The molecule has 0 spiro atoms. The van der Waals surface area contributed by atoms with Crippen molar-refractivity contribution < 1.29 is 4.74 Å². The maximum Gasteiger partial charge on any atom is 0.102 e. The summed E-state index contributed by atoms with van der Waals surface area (Å²) >= 11 is 0. The molecular weight excluding hydrogens is 220 g/mol. The second kappa shape index (κ2) is 4.46. The monoisotopic (exact) mass is 242 g/mol. The molecule has 2 aliphatic rings. The quantitative estimate of drug-likeness (QED) is 0.716. The Hall–Kier alpha value is -1.24. The zero-order chi connectivity index (χ0) is 12.6. The fourth-order valence-electron chi connectivity index (χ4n) is 4.50. The van der Waals surface area contributed by atoms with Crippen LogP contribution in [0.3, 0.4) is 0 Å². The molecule has 1 heteroatoms. The molecule has 2 bridgehead atoms. The highest BCUT2D eigenvalue weighted by Gasteiger charge is 2.56. The topological polar surface area (TPSA) is 9.23 Å². The first-order valence-corrected chi connectivity index (χ1v) is 7.12. The van der Waals surface area contributed by atoms with E-state index >= 15 is 0 Å². The highest BCUT2D eigenvalue weighted by molar-refractivity contribution is 5.30. The Balaban J connectivity index is 1.96. The lowest BCUT2D eigenvalue weighted by Gasteiger charge is -2.41. The first kappa shape index (κ1) is 11.8. The minimum atomic E-state index is 0.345. The highest BCUT2D eigenvalue weighted by Crippen LogP contribution is 2.59. The van der Waals surface area contributed by atoms with Crippen LogP contribution in [0.4, 0.5) is 0 Å². The van der Waals surface area contributed by atoms with E-state index in [4.69, 9.17) is 4.74 Å². The summed E-state index contributed by atoms with van der Waals surface area (Å²) in [5.74, 6) is 1.52. The first-order chi connectivity index (χ1) is 8.80. The summed E-state index contributed by atoms with van der Waals surface area (Å²) in [6, 6.07) is 11.0. The molecular formula is C17H22O. The van der Waals surface area contributed by atoms with E-state index < -0.39 is 0 Å². The zero-order valence-corrected chi connectivity index (χ0v) is 11.1. The summed E-state index contributed by atoms with van der Waals surface area (Å²) in [7, 11) is 0. The van der Waals surface area contributed by atoms with Gasteiger partial charge in [-0.15, -0.1) is 0 Å². The van der Waals surface area contributed by atoms with Crippen LogP contribution in [0.1, 0.15) is 38.2 Å². The number of hydrogen-bond acceptors (Lipinski definition) is 1. The molecule has 1 nitrogen and oxygen atoms in total. The van der Waals surface area contributed by atoms with Crippen LogP contribution >= 0.6 is 0 Å². The van der Waals surface area contributed by atoms with Gasteiger partial charge in [0.25, 0.3) is 0 Å². The van der Waals surface area contributed by atoms with Gasteiger partial charge in [-0.05, 0) is 37.2 Å². The minimum absolute atomic E-state index is 0.345. The normalized spacial score (nSPS) is 37.7. The van der Waals surface area contributed by atoms with Gasteiger partial charge in [0.2, 0.25) is 0 Å². The Morgan fingerprint density at radius 2 is 2.11 bits per heavy atom. The summed E-state index contributed by atoms with van der Waals surface area (Å²) < 4.78 is 5.78. The summed E-state index contributed by atoms with van der Waals surface area (Å²) in [5, 5.41) is 0. The molecule has 18 heavy (non-hydrogen) atoms. The average molecular weight is 242 g/mol. The van der Waals surface area contributed by atoms with Gasteiger partial charge in [0, 0.05) is 11.3 Å². The second-order valence-corrected chi connectivity index (χ2v) is 5.86. The largest absolute Gasteiger partial charge is 0.498 e. The van der Waals surface area contributed by atoms with Gasteiger partial charge < -0.3 is 4.74 Å². The van der Waals surface area contributed by atoms with Gasteiger partial charge in [-0.2, -0.15) is 0 Å². The second-order valence-electron chi connectivity index (χ2n) is 5.86. The van der Waals surface area contributed by atoms with Crippen LogP contribution in [-0.2, 0) is 10.2 Å². The lowest BCUT2D eigenvalue weighted by molar-refractivity contribution is 0.0461. The number of fused-ring (bicyclic) bond motifs is 2.